The summed E-state index contributed by atoms with van der Waals surface area (Å²) in [4.78, 5) is 9.99. The van der Waals surface area contributed by atoms with E-state index in [4.69, 9.17) is 4.74 Å². The first-order valence-electron chi connectivity index (χ1n) is 8.43. The molecule has 6 heteroatoms. The van der Waals surface area contributed by atoms with Crippen molar-refractivity contribution in [2.24, 2.45) is 4.99 Å². The highest BCUT2D eigenvalue weighted by Crippen LogP contribution is 2.22. The maximum Gasteiger partial charge on any atom is 0.191 e. The monoisotopic (exact) mass is 360 g/mol. The van der Waals surface area contributed by atoms with Crippen LogP contribution in [0.15, 0.2) is 29.3 Å². The maximum absolute atomic E-state index is 6.04. The Labute approximate surface area is 154 Å². The maximum atomic E-state index is 6.04. The molecule has 0 aliphatic carbocycles. The molecule has 0 spiro atoms. The van der Waals surface area contributed by atoms with E-state index in [0.717, 1.165) is 34.5 Å². The van der Waals surface area contributed by atoms with Crippen LogP contribution in [-0.4, -0.2) is 23.6 Å². The minimum atomic E-state index is -0.225. The molecule has 0 aliphatic heterocycles. The lowest BCUT2D eigenvalue weighted by molar-refractivity contribution is 0.129. The van der Waals surface area contributed by atoms with Crippen LogP contribution in [0.5, 0.6) is 5.75 Å². The number of guanidine groups is 1. The van der Waals surface area contributed by atoms with E-state index in [-0.39, 0.29) is 5.60 Å². The average molecular weight is 361 g/mol. The number of para-hydroxylation sites is 1. The Balaban J connectivity index is 1.96. The second-order valence-corrected chi connectivity index (χ2v) is 8.13. The van der Waals surface area contributed by atoms with E-state index < -0.39 is 0 Å². The number of aliphatic imine (C=N–C) groups is 1. The minimum Gasteiger partial charge on any atom is -0.488 e. The highest BCUT2D eigenvalue weighted by atomic mass is 32.1. The molecule has 136 valence electrons. The molecule has 0 atom stereocenters. The third-order valence-electron chi connectivity index (χ3n) is 3.47. The van der Waals surface area contributed by atoms with Crippen molar-refractivity contribution in [3.8, 4) is 5.75 Å². The van der Waals surface area contributed by atoms with E-state index in [0.29, 0.717) is 6.54 Å². The predicted octanol–water partition coefficient (Wildman–Crippen LogP) is 3.80. The Kier molecular flexibility index (Phi) is 6.42. The summed E-state index contributed by atoms with van der Waals surface area (Å²) in [6, 6.07) is 8.08. The number of nitrogens with one attached hydrogen (secondary N) is 2. The zero-order chi connectivity index (χ0) is 18.4. The van der Waals surface area contributed by atoms with E-state index in [2.05, 4.69) is 47.4 Å². The third kappa shape index (κ3) is 6.05. The molecule has 5 nitrogen and oxygen atoms in total. The molecule has 1 heterocycles. The number of aromatic nitrogens is 1. The summed E-state index contributed by atoms with van der Waals surface area (Å²) in [5.74, 6) is 1.66. The zero-order valence-electron chi connectivity index (χ0n) is 15.9. The van der Waals surface area contributed by atoms with Gasteiger partial charge in [0.15, 0.2) is 5.96 Å². The number of ether oxygens (including phenoxy) is 1. The Bertz CT molecular complexity index is 731. The van der Waals surface area contributed by atoms with Crippen LogP contribution in [0.3, 0.4) is 0 Å². The van der Waals surface area contributed by atoms with Gasteiger partial charge in [0.1, 0.15) is 11.4 Å². The lowest BCUT2D eigenvalue weighted by Gasteiger charge is -2.23. The Morgan fingerprint density at radius 2 is 1.84 bits per heavy atom. The lowest BCUT2D eigenvalue weighted by atomic mass is 10.1. The molecule has 1 aromatic heterocycles. The third-order valence-corrected chi connectivity index (χ3v) is 4.55. The van der Waals surface area contributed by atoms with Gasteiger partial charge in [0.05, 0.1) is 17.2 Å². The van der Waals surface area contributed by atoms with Crippen LogP contribution >= 0.6 is 11.3 Å². The number of rotatable bonds is 5. The van der Waals surface area contributed by atoms with Crippen LogP contribution in [-0.2, 0) is 13.1 Å². The standard InChI is InChI=1S/C19H28N4OS/c1-13-17(25-14(2)23-13)12-22-18(20-6)21-11-15-9-7-8-10-16(15)24-19(3,4)5/h7-10H,11-12H2,1-6H3,(H2,20,21,22). The van der Waals surface area contributed by atoms with Crippen LogP contribution < -0.4 is 15.4 Å². The Hall–Kier alpha value is -2.08. The highest BCUT2D eigenvalue weighted by Gasteiger charge is 2.14. The molecule has 25 heavy (non-hydrogen) atoms. The number of hydrogen-bond acceptors (Lipinski definition) is 4. The minimum absolute atomic E-state index is 0.225. The van der Waals surface area contributed by atoms with E-state index in [1.165, 1.54) is 4.88 Å². The van der Waals surface area contributed by atoms with Crippen LogP contribution in [0.1, 0.15) is 41.9 Å². The van der Waals surface area contributed by atoms with Gasteiger partial charge in [-0.05, 0) is 40.7 Å². The van der Waals surface area contributed by atoms with Gasteiger partial charge in [-0.15, -0.1) is 11.3 Å². The molecule has 0 saturated carbocycles. The molecular formula is C19H28N4OS. The van der Waals surface area contributed by atoms with Gasteiger partial charge in [0, 0.05) is 24.0 Å². The van der Waals surface area contributed by atoms with Crippen LogP contribution in [0.4, 0.5) is 0 Å². The highest BCUT2D eigenvalue weighted by molar-refractivity contribution is 7.11. The Morgan fingerprint density at radius 1 is 1.16 bits per heavy atom. The predicted molar refractivity (Wildman–Crippen MR) is 105 cm³/mol. The van der Waals surface area contributed by atoms with E-state index in [9.17, 15) is 0 Å². The van der Waals surface area contributed by atoms with Gasteiger partial charge in [-0.25, -0.2) is 4.98 Å². The molecule has 2 rings (SSSR count). The summed E-state index contributed by atoms with van der Waals surface area (Å²) in [5, 5.41) is 7.79. The number of nitrogens with zero attached hydrogens (tertiary/aromatic N) is 2. The number of thiazole rings is 1. The molecule has 1 aromatic carbocycles. The second kappa shape index (κ2) is 8.34. The van der Waals surface area contributed by atoms with E-state index >= 15 is 0 Å². The molecule has 0 radical (unpaired) electrons. The fourth-order valence-electron chi connectivity index (χ4n) is 2.38. The summed E-state index contributed by atoms with van der Waals surface area (Å²) < 4.78 is 6.04. The Morgan fingerprint density at radius 3 is 2.44 bits per heavy atom. The quantitative estimate of drug-likeness (QED) is 0.629. The van der Waals surface area contributed by atoms with Crippen molar-refractivity contribution in [1.82, 2.24) is 15.6 Å². The SMILES string of the molecule is CN=C(NCc1ccccc1OC(C)(C)C)NCc1sc(C)nc1C. The first-order chi connectivity index (χ1) is 11.8. The topological polar surface area (TPSA) is 58.5 Å². The smallest absolute Gasteiger partial charge is 0.191 e. The summed E-state index contributed by atoms with van der Waals surface area (Å²) >= 11 is 1.71. The average Bonchev–Trinajstić information content (AvgIpc) is 2.85. The molecule has 0 amide bonds. The molecule has 0 bridgehead atoms. The van der Waals surface area contributed by atoms with Crippen molar-refractivity contribution in [3.05, 3.63) is 45.4 Å². The normalized spacial score (nSPS) is 12.2. The molecule has 0 fully saturated rings. The van der Waals surface area contributed by atoms with Crippen molar-refractivity contribution in [2.75, 3.05) is 7.05 Å². The molecule has 0 saturated heterocycles. The van der Waals surface area contributed by atoms with Gasteiger partial charge < -0.3 is 15.4 Å². The molecule has 0 aliphatic rings. The van der Waals surface area contributed by atoms with Gasteiger partial charge in [0.25, 0.3) is 0 Å². The summed E-state index contributed by atoms with van der Waals surface area (Å²) in [6.07, 6.45) is 0. The fourth-order valence-corrected chi connectivity index (χ4v) is 3.26. The van der Waals surface area contributed by atoms with Gasteiger partial charge in [-0.1, -0.05) is 18.2 Å². The number of aryl methyl sites for hydroxylation is 2. The van der Waals surface area contributed by atoms with Crippen molar-refractivity contribution >= 4 is 17.3 Å². The summed E-state index contributed by atoms with van der Waals surface area (Å²) in [6.45, 7) is 11.6. The summed E-state index contributed by atoms with van der Waals surface area (Å²) in [7, 11) is 1.78. The van der Waals surface area contributed by atoms with Gasteiger partial charge in [-0.2, -0.15) is 0 Å². The van der Waals surface area contributed by atoms with E-state index in [1.54, 1.807) is 18.4 Å². The number of benzene rings is 1. The van der Waals surface area contributed by atoms with Crippen molar-refractivity contribution < 1.29 is 4.74 Å². The molecule has 2 aromatic rings. The number of hydrogen-bond donors (Lipinski definition) is 2. The largest absolute Gasteiger partial charge is 0.488 e. The fraction of sp³-hybridized carbons (Fsp3) is 0.474. The van der Waals surface area contributed by atoms with Crippen molar-refractivity contribution in [3.63, 3.8) is 0 Å². The molecular weight excluding hydrogens is 332 g/mol. The van der Waals surface area contributed by atoms with Crippen molar-refractivity contribution in [2.45, 2.75) is 53.3 Å². The van der Waals surface area contributed by atoms with Gasteiger partial charge in [0.2, 0.25) is 0 Å². The van der Waals surface area contributed by atoms with Crippen LogP contribution in [0, 0.1) is 13.8 Å². The first-order valence-corrected chi connectivity index (χ1v) is 9.24. The van der Waals surface area contributed by atoms with Gasteiger partial charge >= 0.3 is 0 Å². The molecule has 0 unspecified atom stereocenters. The zero-order valence-corrected chi connectivity index (χ0v) is 16.8. The second-order valence-electron chi connectivity index (χ2n) is 6.84. The van der Waals surface area contributed by atoms with Crippen LogP contribution in [0.2, 0.25) is 0 Å². The summed E-state index contributed by atoms with van der Waals surface area (Å²) in [5.41, 5.74) is 1.96. The van der Waals surface area contributed by atoms with Crippen LogP contribution in [0.25, 0.3) is 0 Å². The first kappa shape index (κ1) is 19.2. The van der Waals surface area contributed by atoms with E-state index in [1.807, 2.05) is 32.0 Å². The van der Waals surface area contributed by atoms with Gasteiger partial charge in [-0.3, -0.25) is 4.99 Å². The van der Waals surface area contributed by atoms with Crippen molar-refractivity contribution in [1.29, 1.82) is 0 Å². The lowest BCUT2D eigenvalue weighted by Crippen LogP contribution is -2.36. The molecule has 2 N–H and O–H groups in total.